The maximum Gasteiger partial charge on any atom is 0.243 e. The van der Waals surface area contributed by atoms with Crippen molar-refractivity contribution >= 4 is 28.3 Å². The highest BCUT2D eigenvalue weighted by Crippen LogP contribution is 2.20. The van der Waals surface area contributed by atoms with Crippen LogP contribution in [0.15, 0.2) is 23.1 Å². The van der Waals surface area contributed by atoms with E-state index in [1.54, 1.807) is 17.0 Å². The van der Waals surface area contributed by atoms with E-state index in [9.17, 15) is 13.2 Å². The van der Waals surface area contributed by atoms with Crippen LogP contribution >= 0.6 is 12.4 Å². The first-order valence-corrected chi connectivity index (χ1v) is 10.5. The number of aryl methyl sites for hydroxylation is 2. The summed E-state index contributed by atoms with van der Waals surface area (Å²) in [7, 11) is -3.51. The number of morpholine rings is 1. The molecule has 2 aliphatic heterocycles. The Balaban J connectivity index is 0.00000261. The van der Waals surface area contributed by atoms with Gasteiger partial charge in [0.05, 0.1) is 18.1 Å². The molecule has 2 fully saturated rings. The fourth-order valence-corrected chi connectivity index (χ4v) is 4.80. The molecule has 1 atom stereocenters. The van der Waals surface area contributed by atoms with E-state index < -0.39 is 10.0 Å². The zero-order chi connectivity index (χ0) is 18.7. The first-order chi connectivity index (χ1) is 12.4. The molecule has 9 heteroatoms. The van der Waals surface area contributed by atoms with Crippen LogP contribution in [-0.2, 0) is 19.6 Å². The van der Waals surface area contributed by atoms with Crippen molar-refractivity contribution in [1.29, 1.82) is 0 Å². The molecule has 1 aromatic carbocycles. The maximum atomic E-state index is 12.8. The van der Waals surface area contributed by atoms with Gasteiger partial charge in [0.25, 0.3) is 0 Å². The topological polar surface area (TPSA) is 79.0 Å². The van der Waals surface area contributed by atoms with Crippen LogP contribution in [0.4, 0.5) is 0 Å². The van der Waals surface area contributed by atoms with E-state index in [1.165, 1.54) is 4.31 Å². The lowest BCUT2D eigenvalue weighted by molar-refractivity contribution is -0.133. The number of ether oxygens (including phenoxy) is 1. The molecule has 0 bridgehead atoms. The predicted molar refractivity (Wildman–Crippen MR) is 106 cm³/mol. The number of sulfonamides is 1. The molecule has 0 spiro atoms. The van der Waals surface area contributed by atoms with E-state index in [0.717, 1.165) is 17.7 Å². The predicted octanol–water partition coefficient (Wildman–Crippen LogP) is 0.937. The van der Waals surface area contributed by atoms with Crippen LogP contribution in [0.25, 0.3) is 0 Å². The Hall–Kier alpha value is -1.19. The first kappa shape index (κ1) is 22.1. The summed E-state index contributed by atoms with van der Waals surface area (Å²) in [5, 5.41) is 3.27. The van der Waals surface area contributed by atoms with Gasteiger partial charge in [0, 0.05) is 45.2 Å². The van der Waals surface area contributed by atoms with Crippen molar-refractivity contribution in [1.82, 2.24) is 14.5 Å². The molecule has 1 N–H and O–H groups in total. The van der Waals surface area contributed by atoms with Crippen LogP contribution in [0.2, 0.25) is 0 Å². The SMILES string of the molecule is Cc1ccc(S(=O)(=O)N2CCN(C(=O)CC3COCCN3)CC2)cc1C.Cl. The Morgan fingerprint density at radius 3 is 2.48 bits per heavy atom. The number of halogens is 1. The second-order valence-corrected chi connectivity index (χ2v) is 8.90. The molecular weight excluding hydrogens is 390 g/mol. The molecule has 152 valence electrons. The van der Waals surface area contributed by atoms with Crippen LogP contribution in [0.1, 0.15) is 17.5 Å². The Bertz CT molecular complexity index is 758. The minimum absolute atomic E-state index is 0. The number of nitrogens with zero attached hydrogens (tertiary/aromatic N) is 2. The summed E-state index contributed by atoms with van der Waals surface area (Å²) < 4.78 is 32.5. The normalized spacial score (nSPS) is 21.6. The molecule has 3 rings (SSSR count). The molecule has 1 aromatic rings. The van der Waals surface area contributed by atoms with Crippen molar-refractivity contribution in [3.05, 3.63) is 29.3 Å². The number of hydrogen-bond acceptors (Lipinski definition) is 5. The summed E-state index contributed by atoms with van der Waals surface area (Å²) in [6.07, 6.45) is 0.393. The average Bonchev–Trinajstić information content (AvgIpc) is 2.65. The van der Waals surface area contributed by atoms with Crippen LogP contribution in [0.3, 0.4) is 0 Å². The minimum atomic E-state index is -3.51. The van der Waals surface area contributed by atoms with Crippen molar-refractivity contribution in [2.24, 2.45) is 0 Å². The Kier molecular flexibility index (Phi) is 7.64. The highest BCUT2D eigenvalue weighted by molar-refractivity contribution is 7.89. The van der Waals surface area contributed by atoms with Gasteiger partial charge in [-0.2, -0.15) is 4.31 Å². The molecule has 2 saturated heterocycles. The Morgan fingerprint density at radius 2 is 1.89 bits per heavy atom. The van der Waals surface area contributed by atoms with Gasteiger partial charge in [0.15, 0.2) is 0 Å². The lowest BCUT2D eigenvalue weighted by Crippen LogP contribution is -2.52. The van der Waals surface area contributed by atoms with Gasteiger partial charge >= 0.3 is 0 Å². The number of benzene rings is 1. The van der Waals surface area contributed by atoms with Crippen molar-refractivity contribution in [3.8, 4) is 0 Å². The van der Waals surface area contributed by atoms with Gasteiger partial charge in [-0.1, -0.05) is 6.07 Å². The molecule has 27 heavy (non-hydrogen) atoms. The average molecular weight is 418 g/mol. The smallest absolute Gasteiger partial charge is 0.243 e. The highest BCUT2D eigenvalue weighted by Gasteiger charge is 2.31. The number of hydrogen-bond donors (Lipinski definition) is 1. The number of piperazine rings is 1. The van der Waals surface area contributed by atoms with E-state index >= 15 is 0 Å². The number of carbonyl (C=O) groups excluding carboxylic acids is 1. The summed E-state index contributed by atoms with van der Waals surface area (Å²) >= 11 is 0. The van der Waals surface area contributed by atoms with Crippen LogP contribution < -0.4 is 5.32 Å². The van der Waals surface area contributed by atoms with Crippen molar-refractivity contribution in [2.75, 3.05) is 45.9 Å². The molecular formula is C18H28ClN3O4S. The molecule has 1 unspecified atom stereocenters. The van der Waals surface area contributed by atoms with Gasteiger partial charge in [-0.05, 0) is 37.1 Å². The summed E-state index contributed by atoms with van der Waals surface area (Å²) in [4.78, 5) is 14.5. The zero-order valence-corrected chi connectivity index (χ0v) is 17.4. The third-order valence-corrected chi connectivity index (χ3v) is 7.02. The lowest BCUT2D eigenvalue weighted by atomic mass is 10.1. The standard InChI is InChI=1S/C18H27N3O4S.ClH/c1-14-3-4-17(11-15(14)2)26(23,24)21-8-6-20(7-9-21)18(22)12-16-13-25-10-5-19-16;/h3-4,11,16,19H,5-10,12-13H2,1-2H3;1H. The molecule has 0 aliphatic carbocycles. The van der Waals surface area contributed by atoms with Crippen LogP contribution in [0.5, 0.6) is 0 Å². The molecule has 0 radical (unpaired) electrons. The number of amides is 1. The van der Waals surface area contributed by atoms with E-state index in [2.05, 4.69) is 5.32 Å². The molecule has 0 aromatic heterocycles. The summed E-state index contributed by atoms with van der Waals surface area (Å²) in [5.41, 5.74) is 2.03. The Labute approximate surface area is 167 Å². The van der Waals surface area contributed by atoms with Gasteiger partial charge in [-0.25, -0.2) is 8.42 Å². The number of nitrogens with one attached hydrogen (secondary N) is 1. The lowest BCUT2D eigenvalue weighted by Gasteiger charge is -2.35. The quantitative estimate of drug-likeness (QED) is 0.788. The second kappa shape index (κ2) is 9.34. The third-order valence-electron chi connectivity index (χ3n) is 5.13. The fourth-order valence-electron chi connectivity index (χ4n) is 3.29. The number of carbonyl (C=O) groups is 1. The van der Waals surface area contributed by atoms with E-state index in [-0.39, 0.29) is 24.4 Å². The molecule has 0 saturated carbocycles. The monoisotopic (exact) mass is 417 g/mol. The van der Waals surface area contributed by atoms with Crippen molar-refractivity contribution in [2.45, 2.75) is 31.2 Å². The van der Waals surface area contributed by atoms with Crippen molar-refractivity contribution < 1.29 is 17.9 Å². The van der Waals surface area contributed by atoms with E-state index in [0.29, 0.717) is 50.7 Å². The number of rotatable bonds is 4. The summed E-state index contributed by atoms with van der Waals surface area (Å²) in [6, 6.07) is 5.26. The van der Waals surface area contributed by atoms with Gasteiger partial charge in [-0.15, -0.1) is 12.4 Å². The first-order valence-electron chi connectivity index (χ1n) is 9.04. The van der Waals surface area contributed by atoms with E-state index in [1.807, 2.05) is 19.9 Å². The zero-order valence-electron chi connectivity index (χ0n) is 15.8. The fraction of sp³-hybridized carbons (Fsp3) is 0.611. The van der Waals surface area contributed by atoms with Gasteiger partial charge in [0.1, 0.15) is 0 Å². The largest absolute Gasteiger partial charge is 0.378 e. The van der Waals surface area contributed by atoms with Gasteiger partial charge in [0.2, 0.25) is 15.9 Å². The van der Waals surface area contributed by atoms with Crippen LogP contribution in [-0.4, -0.2) is 75.5 Å². The highest BCUT2D eigenvalue weighted by atomic mass is 35.5. The molecule has 7 nitrogen and oxygen atoms in total. The Morgan fingerprint density at radius 1 is 1.19 bits per heavy atom. The van der Waals surface area contributed by atoms with Gasteiger partial charge in [-0.3, -0.25) is 4.79 Å². The minimum Gasteiger partial charge on any atom is -0.378 e. The van der Waals surface area contributed by atoms with E-state index in [4.69, 9.17) is 4.74 Å². The van der Waals surface area contributed by atoms with Gasteiger partial charge < -0.3 is 15.0 Å². The van der Waals surface area contributed by atoms with Crippen molar-refractivity contribution in [3.63, 3.8) is 0 Å². The molecule has 2 heterocycles. The third kappa shape index (κ3) is 5.20. The molecule has 1 amide bonds. The summed E-state index contributed by atoms with van der Waals surface area (Å²) in [5.74, 6) is 0.0521. The molecule has 2 aliphatic rings. The summed E-state index contributed by atoms with van der Waals surface area (Å²) in [6.45, 7) is 7.38. The second-order valence-electron chi connectivity index (χ2n) is 6.96. The maximum absolute atomic E-state index is 12.8. The van der Waals surface area contributed by atoms with Crippen LogP contribution in [0, 0.1) is 13.8 Å².